The second-order valence-corrected chi connectivity index (χ2v) is 6.18. The third-order valence-corrected chi connectivity index (χ3v) is 4.29. The normalized spacial score (nSPS) is 18.6. The zero-order valence-corrected chi connectivity index (χ0v) is 13.0. The van der Waals surface area contributed by atoms with Crippen LogP contribution in [0.1, 0.15) is 37.8 Å². The van der Waals surface area contributed by atoms with Crippen LogP contribution in [0.5, 0.6) is 0 Å². The SMILES string of the molecule is CCC(N)C(c1cccc(Br)c1)N(CCO)C1CC1. The molecule has 0 heterocycles. The highest BCUT2D eigenvalue weighted by atomic mass is 79.9. The van der Waals surface area contributed by atoms with Crippen LogP contribution in [0.2, 0.25) is 0 Å². The fourth-order valence-electron chi connectivity index (χ4n) is 2.67. The fraction of sp³-hybridized carbons (Fsp3) is 0.600. The lowest BCUT2D eigenvalue weighted by atomic mass is 9.96. The van der Waals surface area contributed by atoms with Gasteiger partial charge in [0.15, 0.2) is 0 Å². The average molecular weight is 327 g/mol. The summed E-state index contributed by atoms with van der Waals surface area (Å²) in [6.07, 6.45) is 3.38. The number of aliphatic hydroxyl groups is 1. The van der Waals surface area contributed by atoms with E-state index in [-0.39, 0.29) is 18.7 Å². The van der Waals surface area contributed by atoms with Crippen molar-refractivity contribution in [2.24, 2.45) is 5.73 Å². The second-order valence-electron chi connectivity index (χ2n) is 5.26. The summed E-state index contributed by atoms with van der Waals surface area (Å²) in [4.78, 5) is 2.38. The monoisotopic (exact) mass is 326 g/mol. The molecule has 2 unspecified atom stereocenters. The minimum Gasteiger partial charge on any atom is -0.395 e. The lowest BCUT2D eigenvalue weighted by Gasteiger charge is -2.35. The molecule has 0 spiro atoms. The molecule has 1 aliphatic rings. The van der Waals surface area contributed by atoms with Gasteiger partial charge in [-0.1, -0.05) is 35.0 Å². The molecule has 0 aliphatic heterocycles. The summed E-state index contributed by atoms with van der Waals surface area (Å²) in [5.41, 5.74) is 7.60. The van der Waals surface area contributed by atoms with Gasteiger partial charge in [-0.05, 0) is 37.0 Å². The van der Waals surface area contributed by atoms with Crippen LogP contribution in [-0.4, -0.2) is 35.2 Å². The van der Waals surface area contributed by atoms with Gasteiger partial charge in [-0.15, -0.1) is 0 Å². The van der Waals surface area contributed by atoms with Crippen molar-refractivity contribution in [3.8, 4) is 0 Å². The molecule has 4 heteroatoms. The predicted molar refractivity (Wildman–Crippen MR) is 82.0 cm³/mol. The summed E-state index contributed by atoms with van der Waals surface area (Å²) in [5.74, 6) is 0. The molecule has 0 aromatic heterocycles. The second kappa shape index (κ2) is 6.84. The van der Waals surface area contributed by atoms with E-state index in [0.717, 1.165) is 10.9 Å². The van der Waals surface area contributed by atoms with E-state index in [9.17, 15) is 5.11 Å². The molecule has 19 heavy (non-hydrogen) atoms. The van der Waals surface area contributed by atoms with E-state index in [1.54, 1.807) is 0 Å². The summed E-state index contributed by atoms with van der Waals surface area (Å²) in [6, 6.07) is 9.26. The molecular formula is C15H23BrN2O. The maximum absolute atomic E-state index is 9.33. The first-order valence-corrected chi connectivity index (χ1v) is 7.84. The number of rotatable bonds is 7. The van der Waals surface area contributed by atoms with Crippen LogP contribution in [0.3, 0.4) is 0 Å². The number of halogens is 1. The van der Waals surface area contributed by atoms with E-state index >= 15 is 0 Å². The van der Waals surface area contributed by atoms with E-state index in [1.807, 2.05) is 6.07 Å². The van der Waals surface area contributed by atoms with Crippen molar-refractivity contribution in [2.45, 2.75) is 44.3 Å². The lowest BCUT2D eigenvalue weighted by molar-refractivity contribution is 0.124. The first-order chi connectivity index (χ1) is 9.17. The number of hydrogen-bond donors (Lipinski definition) is 2. The van der Waals surface area contributed by atoms with Gasteiger partial charge in [0.2, 0.25) is 0 Å². The highest BCUT2D eigenvalue weighted by Crippen LogP contribution is 2.36. The predicted octanol–water partition coefficient (Wildman–Crippen LogP) is 2.68. The smallest absolute Gasteiger partial charge is 0.0558 e. The molecule has 1 aromatic rings. The van der Waals surface area contributed by atoms with Crippen molar-refractivity contribution in [1.82, 2.24) is 4.90 Å². The number of aliphatic hydroxyl groups excluding tert-OH is 1. The Labute approximate surface area is 123 Å². The molecule has 0 saturated heterocycles. The Morgan fingerprint density at radius 1 is 1.47 bits per heavy atom. The summed E-state index contributed by atoms with van der Waals surface area (Å²) >= 11 is 3.53. The van der Waals surface area contributed by atoms with Crippen LogP contribution in [0.4, 0.5) is 0 Å². The molecule has 2 rings (SSSR count). The van der Waals surface area contributed by atoms with Gasteiger partial charge in [0, 0.05) is 23.1 Å². The Kier molecular flexibility index (Phi) is 5.39. The van der Waals surface area contributed by atoms with E-state index in [2.05, 4.69) is 46.0 Å². The average Bonchev–Trinajstić information content (AvgIpc) is 3.22. The molecule has 106 valence electrons. The molecule has 1 aromatic carbocycles. The highest BCUT2D eigenvalue weighted by molar-refractivity contribution is 9.10. The van der Waals surface area contributed by atoms with Crippen molar-refractivity contribution in [1.29, 1.82) is 0 Å². The molecule has 2 atom stereocenters. The number of nitrogens with two attached hydrogens (primary N) is 1. The van der Waals surface area contributed by atoms with Gasteiger partial charge in [-0.2, -0.15) is 0 Å². The third kappa shape index (κ3) is 3.78. The van der Waals surface area contributed by atoms with Gasteiger partial charge in [0.05, 0.1) is 12.6 Å². The Morgan fingerprint density at radius 3 is 2.74 bits per heavy atom. The molecule has 1 aliphatic carbocycles. The zero-order chi connectivity index (χ0) is 13.8. The minimum absolute atomic E-state index is 0.0986. The van der Waals surface area contributed by atoms with Gasteiger partial charge in [0.1, 0.15) is 0 Å². The van der Waals surface area contributed by atoms with Crippen LogP contribution in [0.25, 0.3) is 0 Å². The van der Waals surface area contributed by atoms with E-state index in [0.29, 0.717) is 12.6 Å². The van der Waals surface area contributed by atoms with E-state index < -0.39 is 0 Å². The lowest BCUT2D eigenvalue weighted by Crippen LogP contribution is -2.43. The van der Waals surface area contributed by atoms with Crippen LogP contribution < -0.4 is 5.73 Å². The highest BCUT2D eigenvalue weighted by Gasteiger charge is 2.36. The minimum atomic E-state index is 0.0986. The van der Waals surface area contributed by atoms with Gasteiger partial charge in [-0.3, -0.25) is 4.90 Å². The quantitative estimate of drug-likeness (QED) is 0.809. The molecule has 0 amide bonds. The van der Waals surface area contributed by atoms with Gasteiger partial charge >= 0.3 is 0 Å². The van der Waals surface area contributed by atoms with Crippen LogP contribution >= 0.6 is 15.9 Å². The summed E-state index contributed by atoms with van der Waals surface area (Å²) in [5, 5.41) is 9.33. The van der Waals surface area contributed by atoms with Crippen LogP contribution in [0, 0.1) is 0 Å². The topological polar surface area (TPSA) is 49.5 Å². The molecule has 1 fully saturated rings. The van der Waals surface area contributed by atoms with Crippen molar-refractivity contribution >= 4 is 15.9 Å². The molecule has 1 saturated carbocycles. The molecule has 0 radical (unpaired) electrons. The van der Waals surface area contributed by atoms with Crippen molar-refractivity contribution < 1.29 is 5.11 Å². The van der Waals surface area contributed by atoms with E-state index in [4.69, 9.17) is 5.73 Å². The summed E-state index contributed by atoms with van der Waals surface area (Å²) in [7, 11) is 0. The van der Waals surface area contributed by atoms with Gasteiger partial charge < -0.3 is 10.8 Å². The molecule has 0 bridgehead atoms. The number of nitrogens with zero attached hydrogens (tertiary/aromatic N) is 1. The molecule has 3 N–H and O–H groups in total. The summed E-state index contributed by atoms with van der Waals surface area (Å²) in [6.45, 7) is 3.02. The first kappa shape index (κ1) is 15.0. The standard InChI is InChI=1S/C15H23BrN2O/c1-2-14(17)15(11-4-3-5-12(16)10-11)18(8-9-19)13-6-7-13/h3-5,10,13-15,19H,2,6-9,17H2,1H3. The molecule has 3 nitrogen and oxygen atoms in total. The Balaban J connectivity index is 2.28. The van der Waals surface area contributed by atoms with Crippen molar-refractivity contribution in [3.63, 3.8) is 0 Å². The largest absolute Gasteiger partial charge is 0.395 e. The number of benzene rings is 1. The Morgan fingerprint density at radius 2 is 2.21 bits per heavy atom. The fourth-order valence-corrected chi connectivity index (χ4v) is 3.09. The third-order valence-electron chi connectivity index (χ3n) is 3.80. The van der Waals surface area contributed by atoms with Crippen molar-refractivity contribution in [2.75, 3.05) is 13.2 Å². The van der Waals surface area contributed by atoms with Gasteiger partial charge in [-0.25, -0.2) is 0 Å². The van der Waals surface area contributed by atoms with Crippen LogP contribution in [-0.2, 0) is 0 Å². The van der Waals surface area contributed by atoms with Crippen LogP contribution in [0.15, 0.2) is 28.7 Å². The number of hydrogen-bond acceptors (Lipinski definition) is 3. The maximum atomic E-state index is 9.33. The Bertz CT molecular complexity index is 409. The van der Waals surface area contributed by atoms with Crippen molar-refractivity contribution in [3.05, 3.63) is 34.3 Å². The zero-order valence-electron chi connectivity index (χ0n) is 11.4. The Hall–Kier alpha value is -0.420. The van der Waals surface area contributed by atoms with E-state index in [1.165, 1.54) is 18.4 Å². The summed E-state index contributed by atoms with van der Waals surface area (Å²) < 4.78 is 1.08. The first-order valence-electron chi connectivity index (χ1n) is 7.05. The maximum Gasteiger partial charge on any atom is 0.0558 e. The molecular weight excluding hydrogens is 304 g/mol. The van der Waals surface area contributed by atoms with Gasteiger partial charge in [0.25, 0.3) is 0 Å².